The molecule has 0 saturated heterocycles. The van der Waals surface area contributed by atoms with E-state index in [0.29, 0.717) is 5.56 Å². The summed E-state index contributed by atoms with van der Waals surface area (Å²) in [4.78, 5) is 16.7. The molecular formula is C16H17NO. The maximum absolute atomic E-state index is 12.4. The largest absolute Gasteiger partial charge is 0.289 e. The van der Waals surface area contributed by atoms with E-state index in [1.54, 1.807) is 0 Å². The van der Waals surface area contributed by atoms with E-state index >= 15 is 0 Å². The van der Waals surface area contributed by atoms with E-state index in [1.807, 2.05) is 58.0 Å². The van der Waals surface area contributed by atoms with Crippen LogP contribution in [0.4, 0.5) is 0 Å². The third-order valence-corrected chi connectivity index (χ3v) is 3.24. The molecule has 0 aliphatic rings. The van der Waals surface area contributed by atoms with E-state index in [0.717, 1.165) is 22.5 Å². The molecule has 0 saturated carbocycles. The van der Waals surface area contributed by atoms with Gasteiger partial charge in [-0.2, -0.15) is 0 Å². The fourth-order valence-electron chi connectivity index (χ4n) is 1.96. The van der Waals surface area contributed by atoms with Gasteiger partial charge >= 0.3 is 0 Å². The molecule has 0 N–H and O–H groups in total. The lowest BCUT2D eigenvalue weighted by molar-refractivity contribution is 0.103. The van der Waals surface area contributed by atoms with Crippen molar-refractivity contribution in [3.05, 3.63) is 64.0 Å². The summed E-state index contributed by atoms with van der Waals surface area (Å²) >= 11 is 0. The predicted octanol–water partition coefficient (Wildman–Crippen LogP) is 3.55. The second-order valence-corrected chi connectivity index (χ2v) is 4.71. The van der Waals surface area contributed by atoms with Crippen molar-refractivity contribution in [3.63, 3.8) is 0 Å². The molecule has 2 nitrogen and oxygen atoms in total. The van der Waals surface area contributed by atoms with E-state index in [9.17, 15) is 4.79 Å². The normalized spacial score (nSPS) is 10.4. The molecule has 2 heteroatoms. The lowest BCUT2D eigenvalue weighted by atomic mass is 9.98. The number of aryl methyl sites for hydroxylation is 4. The fraction of sp³-hybridized carbons (Fsp3) is 0.250. The average Bonchev–Trinajstić information content (AvgIpc) is 2.32. The summed E-state index contributed by atoms with van der Waals surface area (Å²) in [6.45, 7) is 7.87. The maximum atomic E-state index is 12.4. The SMILES string of the molecule is Cc1ccc(C(=O)c2ccc(C)c(C)c2)c(C)n1. The quantitative estimate of drug-likeness (QED) is 0.750. The Kier molecular flexibility index (Phi) is 3.28. The Balaban J connectivity index is 2.44. The minimum Gasteiger partial charge on any atom is -0.289 e. The molecule has 0 radical (unpaired) electrons. The Bertz CT molecular complexity index is 614. The highest BCUT2D eigenvalue weighted by atomic mass is 16.1. The molecule has 2 rings (SSSR count). The number of ketones is 1. The first-order valence-corrected chi connectivity index (χ1v) is 6.05. The lowest BCUT2D eigenvalue weighted by Gasteiger charge is -2.07. The molecule has 1 aromatic heterocycles. The van der Waals surface area contributed by atoms with Crippen molar-refractivity contribution in [1.82, 2.24) is 4.98 Å². The standard InChI is InChI=1S/C16H17NO/c1-10-5-7-14(9-11(10)2)16(18)15-8-6-12(3)17-13(15)4/h5-9H,1-4H3. The van der Waals surface area contributed by atoms with E-state index < -0.39 is 0 Å². The number of rotatable bonds is 2. The first-order valence-electron chi connectivity index (χ1n) is 6.05. The van der Waals surface area contributed by atoms with Gasteiger partial charge in [0.05, 0.1) is 0 Å². The second-order valence-electron chi connectivity index (χ2n) is 4.71. The monoisotopic (exact) mass is 239 g/mol. The van der Waals surface area contributed by atoms with Crippen molar-refractivity contribution in [2.75, 3.05) is 0 Å². The number of pyridine rings is 1. The van der Waals surface area contributed by atoms with Crippen molar-refractivity contribution < 1.29 is 4.79 Å². The zero-order chi connectivity index (χ0) is 13.3. The summed E-state index contributed by atoms with van der Waals surface area (Å²) < 4.78 is 0. The molecule has 0 fully saturated rings. The molecule has 0 aliphatic heterocycles. The highest BCUT2D eigenvalue weighted by Gasteiger charge is 2.13. The van der Waals surface area contributed by atoms with Crippen LogP contribution in [-0.2, 0) is 0 Å². The summed E-state index contributed by atoms with van der Waals surface area (Å²) in [7, 11) is 0. The summed E-state index contributed by atoms with van der Waals surface area (Å²) in [6, 6.07) is 9.54. The van der Waals surface area contributed by atoms with Gasteiger partial charge in [-0.05, 0) is 57.0 Å². The molecule has 18 heavy (non-hydrogen) atoms. The van der Waals surface area contributed by atoms with Crippen LogP contribution in [0.3, 0.4) is 0 Å². The van der Waals surface area contributed by atoms with Gasteiger partial charge in [0.1, 0.15) is 0 Å². The van der Waals surface area contributed by atoms with Crippen LogP contribution >= 0.6 is 0 Å². The van der Waals surface area contributed by atoms with Crippen LogP contribution < -0.4 is 0 Å². The highest BCUT2D eigenvalue weighted by Crippen LogP contribution is 2.16. The van der Waals surface area contributed by atoms with Gasteiger partial charge in [0.2, 0.25) is 0 Å². The Morgan fingerprint density at radius 3 is 2.28 bits per heavy atom. The van der Waals surface area contributed by atoms with Gasteiger partial charge in [0.25, 0.3) is 0 Å². The number of benzene rings is 1. The molecule has 0 atom stereocenters. The molecule has 1 heterocycles. The van der Waals surface area contributed by atoms with Gasteiger partial charge in [-0.15, -0.1) is 0 Å². The van der Waals surface area contributed by atoms with Gasteiger partial charge in [-0.25, -0.2) is 0 Å². The summed E-state index contributed by atoms with van der Waals surface area (Å²) in [5.74, 6) is 0.0445. The molecule has 0 spiro atoms. The number of hydrogen-bond acceptors (Lipinski definition) is 2. The molecule has 92 valence electrons. The minimum atomic E-state index is 0.0445. The summed E-state index contributed by atoms with van der Waals surface area (Å²) in [5, 5.41) is 0. The maximum Gasteiger partial charge on any atom is 0.194 e. The molecule has 0 unspecified atom stereocenters. The van der Waals surface area contributed by atoms with Gasteiger partial charge in [0.15, 0.2) is 5.78 Å². The second kappa shape index (κ2) is 4.73. The van der Waals surface area contributed by atoms with Crippen LogP contribution in [0.2, 0.25) is 0 Å². The summed E-state index contributed by atoms with van der Waals surface area (Å²) in [5.41, 5.74) is 5.47. The molecule has 2 aromatic rings. The first kappa shape index (κ1) is 12.5. The van der Waals surface area contributed by atoms with Crippen LogP contribution in [0, 0.1) is 27.7 Å². The van der Waals surface area contributed by atoms with Gasteiger partial charge in [-0.1, -0.05) is 12.1 Å². The number of hydrogen-bond donors (Lipinski definition) is 0. The Morgan fingerprint density at radius 2 is 1.67 bits per heavy atom. The third-order valence-electron chi connectivity index (χ3n) is 3.24. The van der Waals surface area contributed by atoms with Crippen molar-refractivity contribution >= 4 is 5.78 Å². The third kappa shape index (κ3) is 2.33. The molecule has 0 amide bonds. The van der Waals surface area contributed by atoms with Crippen LogP contribution in [0.5, 0.6) is 0 Å². The number of carbonyl (C=O) groups is 1. The van der Waals surface area contributed by atoms with E-state index in [4.69, 9.17) is 0 Å². The Morgan fingerprint density at radius 1 is 0.944 bits per heavy atom. The zero-order valence-electron chi connectivity index (χ0n) is 11.2. The predicted molar refractivity (Wildman–Crippen MR) is 73.1 cm³/mol. The van der Waals surface area contributed by atoms with Crippen molar-refractivity contribution in [3.8, 4) is 0 Å². The van der Waals surface area contributed by atoms with Crippen LogP contribution in [0.15, 0.2) is 30.3 Å². The van der Waals surface area contributed by atoms with Gasteiger partial charge < -0.3 is 0 Å². The van der Waals surface area contributed by atoms with E-state index in [1.165, 1.54) is 5.56 Å². The first-order chi connectivity index (χ1) is 8.49. The Labute approximate surface area is 108 Å². The summed E-state index contributed by atoms with van der Waals surface area (Å²) in [6.07, 6.45) is 0. The minimum absolute atomic E-state index is 0.0445. The van der Waals surface area contributed by atoms with E-state index in [2.05, 4.69) is 4.98 Å². The van der Waals surface area contributed by atoms with Crippen molar-refractivity contribution in [1.29, 1.82) is 0 Å². The molecule has 0 bridgehead atoms. The fourth-order valence-corrected chi connectivity index (χ4v) is 1.96. The zero-order valence-corrected chi connectivity index (χ0v) is 11.2. The number of nitrogens with zero attached hydrogens (tertiary/aromatic N) is 1. The highest BCUT2D eigenvalue weighted by molar-refractivity contribution is 6.09. The number of carbonyl (C=O) groups excluding carboxylic acids is 1. The van der Waals surface area contributed by atoms with E-state index in [-0.39, 0.29) is 5.78 Å². The van der Waals surface area contributed by atoms with Crippen molar-refractivity contribution in [2.24, 2.45) is 0 Å². The lowest BCUT2D eigenvalue weighted by Crippen LogP contribution is -2.06. The average molecular weight is 239 g/mol. The van der Waals surface area contributed by atoms with Crippen LogP contribution in [-0.4, -0.2) is 10.8 Å². The van der Waals surface area contributed by atoms with Gasteiger partial charge in [-0.3, -0.25) is 9.78 Å². The molecular weight excluding hydrogens is 222 g/mol. The number of aromatic nitrogens is 1. The van der Waals surface area contributed by atoms with Crippen LogP contribution in [0.25, 0.3) is 0 Å². The smallest absolute Gasteiger partial charge is 0.194 e. The van der Waals surface area contributed by atoms with Crippen molar-refractivity contribution in [2.45, 2.75) is 27.7 Å². The topological polar surface area (TPSA) is 30.0 Å². The Hall–Kier alpha value is -1.96. The van der Waals surface area contributed by atoms with Crippen LogP contribution in [0.1, 0.15) is 38.4 Å². The van der Waals surface area contributed by atoms with Gasteiger partial charge in [0, 0.05) is 22.5 Å². The molecule has 0 aliphatic carbocycles. The molecule has 1 aromatic carbocycles.